The second kappa shape index (κ2) is 29.2. The van der Waals surface area contributed by atoms with Gasteiger partial charge in [0, 0.05) is 56.6 Å². The fourth-order valence-electron chi connectivity index (χ4n) is 11.7. The molecule has 482 valence electrons. The Hall–Kier alpha value is -14.3. The predicted octanol–water partition coefficient (Wildman–Crippen LogP) is 23.5. The number of hydrogen-bond donors (Lipinski definition) is 0. The summed E-state index contributed by atoms with van der Waals surface area (Å²) in [6.07, 6.45) is 0. The van der Waals surface area contributed by atoms with Crippen molar-refractivity contribution in [2.45, 2.75) is 0 Å². The van der Waals surface area contributed by atoms with Crippen LogP contribution in [0.3, 0.4) is 0 Å². The van der Waals surface area contributed by atoms with Crippen LogP contribution in [0.1, 0.15) is 22.3 Å². The number of rotatable bonds is 17. The molecule has 2 aromatic heterocycles. The van der Waals surface area contributed by atoms with Crippen molar-refractivity contribution in [1.29, 1.82) is 0 Å². The minimum absolute atomic E-state index is 0.655. The van der Waals surface area contributed by atoms with Crippen molar-refractivity contribution in [2.75, 3.05) is 0 Å². The number of aromatic nitrogens is 4. The number of nitrogens with zero attached hydrogens (tertiary/aromatic N) is 4. The topological polar surface area (TPSA) is 107 Å². The van der Waals surface area contributed by atoms with Crippen LogP contribution in [0.4, 0.5) is 0 Å². The van der Waals surface area contributed by atoms with E-state index in [0.29, 0.717) is 57.5 Å². The zero-order valence-electron chi connectivity index (χ0n) is 54.7. The molecule has 16 aromatic rings. The van der Waals surface area contributed by atoms with E-state index < -0.39 is 0 Å². The summed E-state index contributed by atoms with van der Waals surface area (Å²) >= 11 is 0. The largest absolute Gasteiger partial charge is 0.457 e. The van der Waals surface area contributed by atoms with Gasteiger partial charge in [-0.05, 0) is 205 Å². The van der Waals surface area contributed by atoms with Crippen LogP contribution in [0.25, 0.3) is 78.2 Å². The molecule has 0 unspecified atom stereocenters. The summed E-state index contributed by atoms with van der Waals surface area (Å²) in [7, 11) is 0. The van der Waals surface area contributed by atoms with E-state index in [9.17, 15) is 0 Å². The average molecular weight is 1320 g/mol. The Bertz CT molecular complexity index is 5470. The maximum atomic E-state index is 6.45. The molecule has 0 saturated carbocycles. The lowest BCUT2D eigenvalue weighted by Crippen LogP contribution is -1.97. The third-order valence-electron chi connectivity index (χ3n) is 16.6. The number of para-hydroxylation sites is 2. The van der Waals surface area contributed by atoms with Gasteiger partial charge in [-0.15, -0.1) is 0 Å². The molecule has 0 fully saturated rings. The van der Waals surface area contributed by atoms with E-state index in [-0.39, 0.29) is 0 Å². The highest BCUT2D eigenvalue weighted by atomic mass is 16.5. The molecule has 0 radical (unpaired) electrons. The lowest BCUT2D eigenvalue weighted by atomic mass is 10.0. The van der Waals surface area contributed by atoms with Crippen LogP contribution in [0.15, 0.2) is 352 Å². The van der Waals surface area contributed by atoms with E-state index in [1.807, 2.05) is 303 Å². The SMILES string of the molecule is C(#Cc1cccc(Oc2cccc(Oc3ccccc3)c2)c1)c1cccc(Oc2ccc(-c3nc4cc(-c5ccc6nc(-c7ccccc7)c(-c7ccc(Oc8cccc(C#Cc9cccc(Oc%10cccc(Oc%11ccccc%11)c%10)c9)c8)cc7)nc6c5)ccc4nc3-c3ccccc3)cc2)c1. The molecule has 14 aromatic carbocycles. The molecular weight excluding hydrogens is 1260 g/mol. The zero-order chi connectivity index (χ0) is 68.2. The summed E-state index contributed by atoms with van der Waals surface area (Å²) in [6.45, 7) is 0. The molecule has 16 rings (SSSR count). The Morgan fingerprint density at radius 3 is 0.696 bits per heavy atom. The Labute approximate surface area is 590 Å². The van der Waals surface area contributed by atoms with Gasteiger partial charge in [0.1, 0.15) is 69.0 Å². The second-order valence-electron chi connectivity index (χ2n) is 23.8. The summed E-state index contributed by atoms with van der Waals surface area (Å²) < 4.78 is 37.4. The van der Waals surface area contributed by atoms with Crippen molar-refractivity contribution in [3.05, 3.63) is 374 Å². The smallest absolute Gasteiger partial charge is 0.131 e. The zero-order valence-corrected chi connectivity index (χ0v) is 54.7. The molecule has 102 heavy (non-hydrogen) atoms. The molecule has 0 N–H and O–H groups in total. The molecule has 0 atom stereocenters. The first-order valence-electron chi connectivity index (χ1n) is 33.2. The van der Waals surface area contributed by atoms with Gasteiger partial charge in [-0.3, -0.25) is 0 Å². The van der Waals surface area contributed by atoms with E-state index in [1.165, 1.54) is 0 Å². The van der Waals surface area contributed by atoms with Gasteiger partial charge in [-0.2, -0.15) is 0 Å². The molecule has 0 aliphatic rings. The highest BCUT2D eigenvalue weighted by Crippen LogP contribution is 2.39. The molecule has 0 bridgehead atoms. The molecule has 10 heteroatoms. The Balaban J connectivity index is 0.617. The lowest BCUT2D eigenvalue weighted by Gasteiger charge is -2.13. The third-order valence-corrected chi connectivity index (χ3v) is 16.6. The van der Waals surface area contributed by atoms with Gasteiger partial charge in [0.2, 0.25) is 0 Å². The Morgan fingerprint density at radius 1 is 0.157 bits per heavy atom. The fourth-order valence-corrected chi connectivity index (χ4v) is 11.7. The average Bonchev–Trinajstić information content (AvgIpc) is 0.768. The first-order valence-corrected chi connectivity index (χ1v) is 33.2. The molecule has 10 nitrogen and oxygen atoms in total. The monoisotopic (exact) mass is 1310 g/mol. The van der Waals surface area contributed by atoms with Gasteiger partial charge in [0.25, 0.3) is 0 Å². The molecule has 0 aliphatic heterocycles. The van der Waals surface area contributed by atoms with Crippen molar-refractivity contribution in [1.82, 2.24) is 19.9 Å². The first kappa shape index (κ1) is 62.5. The quantitative estimate of drug-likeness (QED) is 0.0818. The molecule has 0 spiro atoms. The van der Waals surface area contributed by atoms with Crippen LogP contribution in [0.2, 0.25) is 0 Å². The Morgan fingerprint density at radius 2 is 0.382 bits per heavy atom. The van der Waals surface area contributed by atoms with Gasteiger partial charge in [0.15, 0.2) is 0 Å². The number of benzene rings is 14. The minimum Gasteiger partial charge on any atom is -0.457 e. The van der Waals surface area contributed by atoms with Gasteiger partial charge in [-0.1, -0.05) is 169 Å². The fraction of sp³-hybridized carbons (Fsp3) is 0. The van der Waals surface area contributed by atoms with Gasteiger partial charge in [0.05, 0.1) is 44.8 Å². The number of fused-ring (bicyclic) bond motifs is 2. The highest BCUT2D eigenvalue weighted by molar-refractivity contribution is 5.92. The molecule has 2 heterocycles. The maximum absolute atomic E-state index is 6.45. The van der Waals surface area contributed by atoms with E-state index >= 15 is 0 Å². The van der Waals surface area contributed by atoms with Crippen LogP contribution in [-0.4, -0.2) is 19.9 Å². The van der Waals surface area contributed by atoms with Gasteiger partial charge >= 0.3 is 0 Å². The summed E-state index contributed by atoms with van der Waals surface area (Å²) in [4.78, 5) is 21.3. The summed E-state index contributed by atoms with van der Waals surface area (Å²) in [5.41, 5.74) is 14.9. The van der Waals surface area contributed by atoms with Crippen molar-refractivity contribution < 1.29 is 28.4 Å². The molecule has 0 aliphatic carbocycles. The standard InChI is InChI=1S/C92H58N4O6/c1-5-23-67(24-6-1)89-91(69-43-49-75(50-44-69)99-77-31-13-19-63(55-77)39-41-65-21-15-33-79(57-65)101-83-37-17-35-81(61-83)97-73-27-9-3-10-28-73)95-87-59-71(47-53-85(87)93-89)72-48-54-86-88(60-72)96-92(90(94-86)68-25-7-2-8-26-68)70-45-51-76(52-46-70)100-78-32-14-20-64(56-78)40-42-66-22-16-34-80(58-66)102-84-38-18-36-82(62-84)98-74-29-11-4-12-30-74/h1-38,43-62H. The Kier molecular flexibility index (Phi) is 17.9. The third kappa shape index (κ3) is 15.1. The van der Waals surface area contributed by atoms with Crippen LogP contribution >= 0.6 is 0 Å². The van der Waals surface area contributed by atoms with Gasteiger partial charge in [-0.25, -0.2) is 19.9 Å². The summed E-state index contributed by atoms with van der Waals surface area (Å²) in [5.74, 6) is 21.3. The van der Waals surface area contributed by atoms with Crippen LogP contribution in [0.5, 0.6) is 69.0 Å². The van der Waals surface area contributed by atoms with Crippen LogP contribution in [-0.2, 0) is 0 Å². The molecular formula is C92H58N4O6. The van der Waals surface area contributed by atoms with Gasteiger partial charge < -0.3 is 28.4 Å². The van der Waals surface area contributed by atoms with Crippen molar-refractivity contribution in [3.63, 3.8) is 0 Å². The van der Waals surface area contributed by atoms with Crippen LogP contribution in [0, 0.1) is 23.7 Å². The number of ether oxygens (including phenoxy) is 6. The van der Waals surface area contributed by atoms with Crippen molar-refractivity contribution in [2.24, 2.45) is 0 Å². The predicted molar refractivity (Wildman–Crippen MR) is 404 cm³/mol. The first-order chi connectivity index (χ1) is 50.4. The van der Waals surface area contributed by atoms with E-state index in [0.717, 1.165) is 112 Å². The number of hydrogen-bond acceptors (Lipinski definition) is 10. The van der Waals surface area contributed by atoms with E-state index in [4.69, 9.17) is 48.4 Å². The normalized spacial score (nSPS) is 10.8. The van der Waals surface area contributed by atoms with E-state index in [1.54, 1.807) is 0 Å². The van der Waals surface area contributed by atoms with Crippen LogP contribution < -0.4 is 28.4 Å². The highest BCUT2D eigenvalue weighted by Gasteiger charge is 2.18. The van der Waals surface area contributed by atoms with E-state index in [2.05, 4.69) is 72.2 Å². The maximum Gasteiger partial charge on any atom is 0.131 e. The second-order valence-corrected chi connectivity index (χ2v) is 23.8. The summed E-state index contributed by atoms with van der Waals surface area (Å²) in [5, 5.41) is 0. The molecule has 0 amide bonds. The van der Waals surface area contributed by atoms with Crippen molar-refractivity contribution in [3.8, 4) is 149 Å². The minimum atomic E-state index is 0.655. The van der Waals surface area contributed by atoms with Crippen molar-refractivity contribution >= 4 is 22.1 Å². The molecule has 0 saturated heterocycles. The summed E-state index contributed by atoms with van der Waals surface area (Å²) in [6, 6.07) is 114. The lowest BCUT2D eigenvalue weighted by molar-refractivity contribution is 0.459.